The standard InChI is InChI=1S/C16H24N2OS/c19-16(7-4-14-3-1-2-9-17-14)18(15-5-6-15)11-13-8-10-20-12-13/h8,10,12,14-15,17H,1-7,9,11H2. The largest absolute Gasteiger partial charge is 0.335 e. The Morgan fingerprint density at radius 1 is 1.35 bits per heavy atom. The molecule has 1 atom stereocenters. The summed E-state index contributed by atoms with van der Waals surface area (Å²) in [6.45, 7) is 1.94. The Balaban J connectivity index is 1.50. The minimum atomic E-state index is 0.353. The second kappa shape index (κ2) is 6.72. The Labute approximate surface area is 125 Å². The van der Waals surface area contributed by atoms with Gasteiger partial charge in [0.1, 0.15) is 0 Å². The van der Waals surface area contributed by atoms with Crippen molar-refractivity contribution in [1.29, 1.82) is 0 Å². The first-order valence-corrected chi connectivity index (χ1v) is 8.81. The molecule has 4 heteroatoms. The zero-order chi connectivity index (χ0) is 13.8. The highest BCUT2D eigenvalue weighted by molar-refractivity contribution is 7.07. The van der Waals surface area contributed by atoms with Gasteiger partial charge in [0, 0.05) is 25.0 Å². The lowest BCUT2D eigenvalue weighted by molar-refractivity contribution is -0.132. The summed E-state index contributed by atoms with van der Waals surface area (Å²) < 4.78 is 0. The molecule has 2 fully saturated rings. The number of amides is 1. The zero-order valence-electron chi connectivity index (χ0n) is 12.0. The number of hydrogen-bond donors (Lipinski definition) is 1. The van der Waals surface area contributed by atoms with Gasteiger partial charge in [-0.1, -0.05) is 6.42 Å². The van der Waals surface area contributed by atoms with Crippen molar-refractivity contribution in [3.05, 3.63) is 22.4 Å². The molecule has 1 aliphatic carbocycles. The first-order chi connectivity index (χ1) is 9.83. The van der Waals surface area contributed by atoms with Crippen molar-refractivity contribution in [3.63, 3.8) is 0 Å². The Hall–Kier alpha value is -0.870. The van der Waals surface area contributed by atoms with Gasteiger partial charge in [-0.15, -0.1) is 0 Å². The molecule has 0 aromatic carbocycles. The van der Waals surface area contributed by atoms with Crippen LogP contribution in [0.15, 0.2) is 16.8 Å². The molecular formula is C16H24N2OS. The minimum Gasteiger partial charge on any atom is -0.335 e. The van der Waals surface area contributed by atoms with E-state index in [9.17, 15) is 4.79 Å². The Morgan fingerprint density at radius 3 is 2.90 bits per heavy atom. The van der Waals surface area contributed by atoms with Crippen LogP contribution in [0.2, 0.25) is 0 Å². The molecule has 1 unspecified atom stereocenters. The van der Waals surface area contributed by atoms with E-state index in [4.69, 9.17) is 0 Å². The lowest BCUT2D eigenvalue weighted by atomic mass is 10.0. The van der Waals surface area contributed by atoms with E-state index < -0.39 is 0 Å². The molecule has 1 aliphatic heterocycles. The van der Waals surface area contributed by atoms with Gasteiger partial charge in [0.05, 0.1) is 0 Å². The maximum absolute atomic E-state index is 12.5. The van der Waals surface area contributed by atoms with Crippen molar-refractivity contribution >= 4 is 17.2 Å². The maximum Gasteiger partial charge on any atom is 0.223 e. The number of hydrogen-bond acceptors (Lipinski definition) is 3. The van der Waals surface area contributed by atoms with Crippen LogP contribution in [0.5, 0.6) is 0 Å². The van der Waals surface area contributed by atoms with Crippen LogP contribution in [-0.2, 0) is 11.3 Å². The highest BCUT2D eigenvalue weighted by atomic mass is 32.1. The van der Waals surface area contributed by atoms with Crippen molar-refractivity contribution < 1.29 is 4.79 Å². The molecule has 1 N–H and O–H groups in total. The van der Waals surface area contributed by atoms with Gasteiger partial charge in [-0.25, -0.2) is 0 Å². The average Bonchev–Trinajstić information content (AvgIpc) is 3.20. The Morgan fingerprint density at radius 2 is 2.25 bits per heavy atom. The number of piperidine rings is 1. The van der Waals surface area contributed by atoms with Crippen LogP contribution in [0.25, 0.3) is 0 Å². The number of carbonyl (C=O) groups excluding carboxylic acids is 1. The van der Waals surface area contributed by atoms with Gasteiger partial charge in [-0.2, -0.15) is 11.3 Å². The third kappa shape index (κ3) is 3.83. The van der Waals surface area contributed by atoms with E-state index in [0.717, 1.165) is 19.5 Å². The normalized spacial score (nSPS) is 22.7. The van der Waals surface area contributed by atoms with E-state index in [1.54, 1.807) is 11.3 Å². The van der Waals surface area contributed by atoms with E-state index >= 15 is 0 Å². The molecule has 1 aromatic heterocycles. The van der Waals surface area contributed by atoms with E-state index in [-0.39, 0.29) is 0 Å². The van der Waals surface area contributed by atoms with Gasteiger partial charge in [-0.05, 0) is 61.0 Å². The van der Waals surface area contributed by atoms with E-state index in [2.05, 4.69) is 27.0 Å². The molecule has 1 amide bonds. The van der Waals surface area contributed by atoms with Crippen LogP contribution >= 0.6 is 11.3 Å². The van der Waals surface area contributed by atoms with Gasteiger partial charge in [0.15, 0.2) is 0 Å². The summed E-state index contributed by atoms with van der Waals surface area (Å²) in [5.41, 5.74) is 1.28. The van der Waals surface area contributed by atoms with Crippen LogP contribution in [-0.4, -0.2) is 29.4 Å². The predicted octanol–water partition coefficient (Wildman–Crippen LogP) is 3.16. The average molecular weight is 292 g/mol. The molecule has 3 nitrogen and oxygen atoms in total. The molecule has 110 valence electrons. The minimum absolute atomic E-state index is 0.353. The summed E-state index contributed by atoms with van der Waals surface area (Å²) in [6.07, 6.45) is 7.93. The van der Waals surface area contributed by atoms with E-state index in [1.165, 1.54) is 37.7 Å². The molecule has 3 rings (SSSR count). The summed E-state index contributed by atoms with van der Waals surface area (Å²) in [6, 6.07) is 3.22. The monoisotopic (exact) mass is 292 g/mol. The van der Waals surface area contributed by atoms with Crippen LogP contribution < -0.4 is 5.32 Å². The quantitative estimate of drug-likeness (QED) is 0.873. The first kappa shape index (κ1) is 14.1. The molecule has 0 radical (unpaired) electrons. The number of nitrogens with one attached hydrogen (secondary N) is 1. The van der Waals surface area contributed by atoms with Gasteiger partial charge in [-0.3, -0.25) is 4.79 Å². The van der Waals surface area contributed by atoms with Crippen molar-refractivity contribution in [3.8, 4) is 0 Å². The van der Waals surface area contributed by atoms with Crippen LogP contribution in [0.4, 0.5) is 0 Å². The Bertz CT molecular complexity index is 422. The summed E-state index contributed by atoms with van der Waals surface area (Å²) in [4.78, 5) is 14.6. The molecule has 2 heterocycles. The van der Waals surface area contributed by atoms with Crippen molar-refractivity contribution in [2.75, 3.05) is 6.54 Å². The smallest absolute Gasteiger partial charge is 0.223 e. The summed E-state index contributed by atoms with van der Waals surface area (Å²) >= 11 is 1.71. The summed E-state index contributed by atoms with van der Waals surface area (Å²) in [5.74, 6) is 0.353. The molecule has 0 bridgehead atoms. The molecule has 1 saturated heterocycles. The molecule has 1 aromatic rings. The second-order valence-electron chi connectivity index (χ2n) is 6.07. The van der Waals surface area contributed by atoms with E-state index in [0.29, 0.717) is 24.4 Å². The van der Waals surface area contributed by atoms with Crippen LogP contribution in [0.3, 0.4) is 0 Å². The predicted molar refractivity (Wildman–Crippen MR) is 82.8 cm³/mol. The summed E-state index contributed by atoms with van der Waals surface area (Å²) in [5, 5.41) is 7.79. The topological polar surface area (TPSA) is 32.3 Å². The second-order valence-corrected chi connectivity index (χ2v) is 6.85. The van der Waals surface area contributed by atoms with Crippen molar-refractivity contribution in [2.24, 2.45) is 0 Å². The molecule has 20 heavy (non-hydrogen) atoms. The fourth-order valence-electron chi connectivity index (χ4n) is 3.00. The number of carbonyl (C=O) groups is 1. The van der Waals surface area contributed by atoms with Crippen molar-refractivity contribution in [2.45, 2.75) is 63.6 Å². The molecule has 1 saturated carbocycles. The fourth-order valence-corrected chi connectivity index (χ4v) is 3.66. The van der Waals surface area contributed by atoms with Gasteiger partial charge in [0.25, 0.3) is 0 Å². The third-order valence-electron chi connectivity index (χ3n) is 4.36. The van der Waals surface area contributed by atoms with Crippen LogP contribution in [0.1, 0.15) is 50.5 Å². The highest BCUT2D eigenvalue weighted by Crippen LogP contribution is 2.29. The van der Waals surface area contributed by atoms with Gasteiger partial charge >= 0.3 is 0 Å². The first-order valence-electron chi connectivity index (χ1n) is 7.87. The SMILES string of the molecule is O=C(CCC1CCCCN1)N(Cc1ccsc1)C1CC1. The molecule has 0 spiro atoms. The zero-order valence-corrected chi connectivity index (χ0v) is 12.8. The van der Waals surface area contributed by atoms with Gasteiger partial charge in [0.2, 0.25) is 5.91 Å². The highest BCUT2D eigenvalue weighted by Gasteiger charge is 2.32. The van der Waals surface area contributed by atoms with Crippen LogP contribution in [0, 0.1) is 0 Å². The lowest BCUT2D eigenvalue weighted by Crippen LogP contribution is -2.37. The fraction of sp³-hybridized carbons (Fsp3) is 0.688. The van der Waals surface area contributed by atoms with Gasteiger partial charge < -0.3 is 10.2 Å². The Kier molecular flexibility index (Phi) is 4.73. The van der Waals surface area contributed by atoms with E-state index in [1.807, 2.05) is 0 Å². The number of nitrogens with zero attached hydrogens (tertiary/aromatic N) is 1. The molecule has 2 aliphatic rings. The molecular weight excluding hydrogens is 268 g/mol. The van der Waals surface area contributed by atoms with Crippen molar-refractivity contribution in [1.82, 2.24) is 10.2 Å². The number of thiophene rings is 1. The summed E-state index contributed by atoms with van der Waals surface area (Å²) in [7, 11) is 0. The third-order valence-corrected chi connectivity index (χ3v) is 5.09. The number of rotatable bonds is 6. The lowest BCUT2D eigenvalue weighted by Gasteiger charge is -2.26. The maximum atomic E-state index is 12.5.